The molecule has 1 fully saturated rings. The number of benzene rings is 1. The molecule has 0 bridgehead atoms. The predicted octanol–water partition coefficient (Wildman–Crippen LogP) is 3.98. The lowest BCUT2D eigenvalue weighted by molar-refractivity contribution is 0.0871. The number of amides is 1. The molecule has 8 heteroatoms. The van der Waals surface area contributed by atoms with Gasteiger partial charge >= 0.3 is 6.09 Å². The zero-order valence-corrected chi connectivity index (χ0v) is 16.4. The van der Waals surface area contributed by atoms with E-state index < -0.39 is 12.1 Å². The molecule has 3 aromatic rings. The predicted molar refractivity (Wildman–Crippen MR) is 106 cm³/mol. The number of nitrogens with one attached hydrogen (secondary N) is 1. The van der Waals surface area contributed by atoms with E-state index in [2.05, 4.69) is 12.0 Å². The number of nitrogens with zero attached hydrogens (tertiary/aromatic N) is 3. The maximum absolute atomic E-state index is 13.4. The molecule has 4 rings (SSSR count). The number of piperidine rings is 1. The SMILES string of the molecule is CCC1CCN(C(=O)O)C(c2cc(=O)n3[nH]c(C)c(-c4ccc(F)cc4)c3n2)C1. The van der Waals surface area contributed by atoms with Crippen LogP contribution in [-0.2, 0) is 0 Å². The van der Waals surface area contributed by atoms with Crippen molar-refractivity contribution in [2.45, 2.75) is 39.2 Å². The van der Waals surface area contributed by atoms with Gasteiger partial charge in [-0.15, -0.1) is 0 Å². The number of rotatable bonds is 3. The number of hydrogen-bond donors (Lipinski definition) is 2. The molecule has 1 aliphatic heterocycles. The number of aromatic nitrogens is 3. The smallest absolute Gasteiger partial charge is 0.407 e. The molecular formula is C21H23FN4O3. The number of carboxylic acid groups (broad SMARTS) is 1. The van der Waals surface area contributed by atoms with Gasteiger partial charge in [0.15, 0.2) is 5.65 Å². The quantitative estimate of drug-likeness (QED) is 0.698. The fourth-order valence-corrected chi connectivity index (χ4v) is 4.22. The Balaban J connectivity index is 1.88. The first kappa shape index (κ1) is 19.2. The second-order valence-corrected chi connectivity index (χ2v) is 7.59. The van der Waals surface area contributed by atoms with Gasteiger partial charge in [-0.1, -0.05) is 25.5 Å². The Morgan fingerprint density at radius 1 is 1.34 bits per heavy atom. The van der Waals surface area contributed by atoms with E-state index in [1.54, 1.807) is 12.1 Å². The highest BCUT2D eigenvalue weighted by molar-refractivity contribution is 5.79. The molecule has 7 nitrogen and oxygen atoms in total. The minimum atomic E-state index is -1.00. The molecule has 0 radical (unpaired) electrons. The minimum absolute atomic E-state index is 0.301. The Hall–Kier alpha value is -3.16. The standard InChI is InChI=1S/C21H23FN4O3/c1-3-13-8-9-25(21(28)29)17(10-13)16-11-18(27)26-20(23-16)19(12(2)24-26)14-4-6-15(22)7-5-14/h4-7,11,13,17,24H,3,8-10H2,1-2H3,(H,28,29). The van der Waals surface area contributed by atoms with Crippen molar-refractivity contribution in [1.29, 1.82) is 0 Å². The van der Waals surface area contributed by atoms with E-state index in [0.717, 1.165) is 24.1 Å². The summed E-state index contributed by atoms with van der Waals surface area (Å²) in [5.41, 5.74) is 2.73. The third-order valence-electron chi connectivity index (χ3n) is 5.83. The highest BCUT2D eigenvalue weighted by Crippen LogP contribution is 2.35. The summed E-state index contributed by atoms with van der Waals surface area (Å²) >= 11 is 0. The van der Waals surface area contributed by atoms with Gasteiger partial charge in [0.2, 0.25) is 0 Å². The van der Waals surface area contributed by atoms with Gasteiger partial charge in [0.1, 0.15) is 5.82 Å². The van der Waals surface area contributed by atoms with Crippen molar-refractivity contribution in [1.82, 2.24) is 19.5 Å². The number of fused-ring (bicyclic) bond motifs is 1. The molecule has 2 N–H and O–H groups in total. The van der Waals surface area contributed by atoms with Crippen molar-refractivity contribution in [3.8, 4) is 11.1 Å². The van der Waals surface area contributed by atoms with Crippen LogP contribution in [0, 0.1) is 18.7 Å². The van der Waals surface area contributed by atoms with Crippen LogP contribution in [0.4, 0.5) is 9.18 Å². The number of aromatic amines is 1. The van der Waals surface area contributed by atoms with Crippen LogP contribution in [0.25, 0.3) is 16.8 Å². The van der Waals surface area contributed by atoms with E-state index in [0.29, 0.717) is 35.8 Å². The maximum atomic E-state index is 13.4. The first-order valence-corrected chi connectivity index (χ1v) is 9.76. The van der Waals surface area contributed by atoms with E-state index in [1.807, 2.05) is 6.92 Å². The molecule has 1 aliphatic rings. The number of aryl methyl sites for hydroxylation is 1. The molecule has 2 atom stereocenters. The summed E-state index contributed by atoms with van der Waals surface area (Å²) in [5.74, 6) is 0.0438. The number of hydrogen-bond acceptors (Lipinski definition) is 3. The summed E-state index contributed by atoms with van der Waals surface area (Å²) in [5, 5.41) is 12.7. The normalized spacial score (nSPS) is 19.6. The molecule has 0 spiro atoms. The molecule has 2 unspecified atom stereocenters. The first-order chi connectivity index (χ1) is 13.9. The Bertz CT molecular complexity index is 1120. The molecule has 1 amide bonds. The largest absolute Gasteiger partial charge is 0.465 e. The molecule has 1 aromatic carbocycles. The molecule has 29 heavy (non-hydrogen) atoms. The lowest BCUT2D eigenvalue weighted by Crippen LogP contribution is -2.41. The second kappa shape index (κ2) is 7.35. The fraction of sp³-hybridized carbons (Fsp3) is 0.381. The average Bonchev–Trinajstić information content (AvgIpc) is 3.04. The van der Waals surface area contributed by atoms with Gasteiger partial charge in [-0.2, -0.15) is 0 Å². The zero-order chi connectivity index (χ0) is 20.7. The van der Waals surface area contributed by atoms with Gasteiger partial charge in [0, 0.05) is 23.9 Å². The zero-order valence-electron chi connectivity index (χ0n) is 16.4. The van der Waals surface area contributed by atoms with Crippen molar-refractivity contribution >= 4 is 11.7 Å². The third-order valence-corrected chi connectivity index (χ3v) is 5.83. The minimum Gasteiger partial charge on any atom is -0.465 e. The Morgan fingerprint density at radius 2 is 2.07 bits per heavy atom. The number of carbonyl (C=O) groups is 1. The van der Waals surface area contributed by atoms with Gasteiger partial charge in [-0.05, 0) is 43.4 Å². The van der Waals surface area contributed by atoms with Crippen LogP contribution in [0.3, 0.4) is 0 Å². The molecular weight excluding hydrogens is 375 g/mol. The summed E-state index contributed by atoms with van der Waals surface area (Å²) in [6, 6.07) is 6.96. The second-order valence-electron chi connectivity index (χ2n) is 7.59. The average molecular weight is 398 g/mol. The van der Waals surface area contributed by atoms with Crippen molar-refractivity contribution in [3.05, 3.63) is 57.9 Å². The lowest BCUT2D eigenvalue weighted by atomic mass is 9.87. The Morgan fingerprint density at radius 3 is 2.72 bits per heavy atom. The Labute approximate surface area is 166 Å². The highest BCUT2D eigenvalue weighted by atomic mass is 19.1. The van der Waals surface area contributed by atoms with Gasteiger partial charge in [-0.25, -0.2) is 18.7 Å². The van der Waals surface area contributed by atoms with Crippen LogP contribution in [0.15, 0.2) is 35.1 Å². The van der Waals surface area contributed by atoms with E-state index in [1.165, 1.54) is 27.6 Å². The van der Waals surface area contributed by atoms with Crippen molar-refractivity contribution in [3.63, 3.8) is 0 Å². The van der Waals surface area contributed by atoms with Gasteiger partial charge < -0.3 is 5.11 Å². The molecule has 1 saturated heterocycles. The van der Waals surface area contributed by atoms with Gasteiger partial charge in [0.05, 0.1) is 11.7 Å². The van der Waals surface area contributed by atoms with Crippen LogP contribution in [0.5, 0.6) is 0 Å². The van der Waals surface area contributed by atoms with Crippen molar-refractivity contribution in [2.75, 3.05) is 6.54 Å². The first-order valence-electron chi connectivity index (χ1n) is 9.76. The molecule has 2 aromatic heterocycles. The van der Waals surface area contributed by atoms with Crippen LogP contribution in [0.1, 0.15) is 43.6 Å². The summed E-state index contributed by atoms with van der Waals surface area (Å²) in [6.07, 6.45) is 1.40. The number of likely N-dealkylation sites (tertiary alicyclic amines) is 1. The third kappa shape index (κ3) is 3.39. The summed E-state index contributed by atoms with van der Waals surface area (Å²) in [7, 11) is 0. The topological polar surface area (TPSA) is 90.7 Å². The fourth-order valence-electron chi connectivity index (χ4n) is 4.22. The van der Waals surface area contributed by atoms with E-state index in [4.69, 9.17) is 4.98 Å². The van der Waals surface area contributed by atoms with Gasteiger partial charge in [-0.3, -0.25) is 14.8 Å². The van der Waals surface area contributed by atoms with E-state index in [9.17, 15) is 19.1 Å². The molecule has 0 saturated carbocycles. The molecule has 152 valence electrons. The summed E-state index contributed by atoms with van der Waals surface area (Å²) in [4.78, 5) is 30.7. The van der Waals surface area contributed by atoms with Crippen LogP contribution < -0.4 is 5.56 Å². The van der Waals surface area contributed by atoms with Crippen molar-refractivity contribution < 1.29 is 14.3 Å². The van der Waals surface area contributed by atoms with Gasteiger partial charge in [0.25, 0.3) is 5.56 Å². The van der Waals surface area contributed by atoms with Crippen LogP contribution >= 0.6 is 0 Å². The maximum Gasteiger partial charge on any atom is 0.407 e. The number of H-pyrrole nitrogens is 1. The van der Waals surface area contributed by atoms with Crippen molar-refractivity contribution in [2.24, 2.45) is 5.92 Å². The highest BCUT2D eigenvalue weighted by Gasteiger charge is 2.33. The van der Waals surface area contributed by atoms with E-state index in [-0.39, 0.29) is 11.4 Å². The molecule has 0 aliphatic carbocycles. The molecule has 3 heterocycles. The Kier molecular flexibility index (Phi) is 4.86. The van der Waals surface area contributed by atoms with Crippen LogP contribution in [0.2, 0.25) is 0 Å². The van der Waals surface area contributed by atoms with E-state index >= 15 is 0 Å². The summed E-state index contributed by atoms with van der Waals surface area (Å²) in [6.45, 7) is 4.34. The number of halogens is 1. The monoisotopic (exact) mass is 398 g/mol. The summed E-state index contributed by atoms with van der Waals surface area (Å²) < 4.78 is 14.7. The lowest BCUT2D eigenvalue weighted by Gasteiger charge is -2.37. The van der Waals surface area contributed by atoms with Crippen LogP contribution in [-0.4, -0.2) is 37.2 Å².